The van der Waals surface area contributed by atoms with Gasteiger partial charge in [-0.25, -0.2) is 9.67 Å². The second kappa shape index (κ2) is 7.53. The maximum atomic E-state index is 13.0. The lowest BCUT2D eigenvalue weighted by Gasteiger charge is -2.53. The molecule has 2 aliphatic rings. The fourth-order valence-corrected chi connectivity index (χ4v) is 5.82. The molecule has 1 N–H and O–H groups in total. The van der Waals surface area contributed by atoms with Crippen LogP contribution in [0.3, 0.4) is 0 Å². The second-order valence-electron chi connectivity index (χ2n) is 9.13. The third-order valence-electron chi connectivity index (χ3n) is 6.62. The number of thiophene rings is 1. The molecule has 1 saturated carbocycles. The van der Waals surface area contributed by atoms with E-state index in [9.17, 15) is 4.79 Å². The number of hydrogen-bond acceptors (Lipinski definition) is 5. The van der Waals surface area contributed by atoms with Crippen LogP contribution < -0.4 is 5.32 Å². The molecule has 4 aromatic rings. The zero-order chi connectivity index (χ0) is 21.7. The average Bonchev–Trinajstić information content (AvgIpc) is 3.40. The minimum atomic E-state index is -0.0760. The normalized spacial score (nSPS) is 17.3. The molecule has 1 aliphatic heterocycles. The quantitative estimate of drug-likeness (QED) is 0.499. The maximum absolute atomic E-state index is 13.0. The fourth-order valence-electron chi connectivity index (χ4n) is 4.82. The van der Waals surface area contributed by atoms with Gasteiger partial charge in [-0.1, -0.05) is 12.1 Å². The predicted octanol–water partition coefficient (Wildman–Crippen LogP) is 4.29. The smallest absolute Gasteiger partial charge is 0.270 e. The number of pyridine rings is 1. The predicted molar refractivity (Wildman–Crippen MR) is 124 cm³/mol. The van der Waals surface area contributed by atoms with Gasteiger partial charge in [-0.2, -0.15) is 5.10 Å². The first-order valence-electron chi connectivity index (χ1n) is 10.9. The molecule has 6 nitrogen and oxygen atoms in total. The Kier molecular flexibility index (Phi) is 4.62. The summed E-state index contributed by atoms with van der Waals surface area (Å²) >= 11 is 1.70. The van der Waals surface area contributed by atoms with Gasteiger partial charge in [0, 0.05) is 23.9 Å². The van der Waals surface area contributed by atoms with Crippen molar-refractivity contribution in [3.05, 3.63) is 76.6 Å². The van der Waals surface area contributed by atoms with Crippen LogP contribution in [0, 0.1) is 12.3 Å². The Morgan fingerprint density at radius 1 is 1.28 bits per heavy atom. The van der Waals surface area contributed by atoms with Crippen LogP contribution in [0.25, 0.3) is 15.9 Å². The molecule has 0 bridgehead atoms. The van der Waals surface area contributed by atoms with Crippen molar-refractivity contribution in [2.75, 3.05) is 13.2 Å². The number of ether oxygens (including phenoxy) is 1. The topological polar surface area (TPSA) is 69.0 Å². The molecule has 0 unspecified atom stereocenters. The van der Waals surface area contributed by atoms with Gasteiger partial charge in [-0.05, 0) is 72.5 Å². The van der Waals surface area contributed by atoms with E-state index in [1.165, 1.54) is 5.56 Å². The molecule has 6 rings (SSSR count). The minimum Gasteiger partial charge on any atom is -0.380 e. The van der Waals surface area contributed by atoms with Gasteiger partial charge in [0.05, 0.1) is 29.1 Å². The highest BCUT2D eigenvalue weighted by atomic mass is 32.1. The maximum Gasteiger partial charge on any atom is 0.270 e. The number of carbonyl (C=O) groups excluding carboxylic acids is 1. The minimum absolute atomic E-state index is 0.0760. The summed E-state index contributed by atoms with van der Waals surface area (Å²) in [6.07, 6.45) is 6.48. The van der Waals surface area contributed by atoms with E-state index in [4.69, 9.17) is 9.72 Å². The van der Waals surface area contributed by atoms with Crippen LogP contribution >= 0.6 is 11.3 Å². The van der Waals surface area contributed by atoms with E-state index >= 15 is 0 Å². The summed E-state index contributed by atoms with van der Waals surface area (Å²) in [6, 6.07) is 12.5. The molecule has 7 heteroatoms. The summed E-state index contributed by atoms with van der Waals surface area (Å²) in [5, 5.41) is 9.59. The summed E-state index contributed by atoms with van der Waals surface area (Å²) in [5.74, 6) is -0.0760. The number of hydrogen-bond donors (Lipinski definition) is 1. The number of carbonyl (C=O) groups is 1. The molecule has 1 amide bonds. The van der Waals surface area contributed by atoms with Crippen LogP contribution in [0.15, 0.2) is 54.2 Å². The Morgan fingerprint density at radius 2 is 2.09 bits per heavy atom. The van der Waals surface area contributed by atoms with E-state index in [0.717, 1.165) is 59.5 Å². The number of rotatable bonds is 5. The van der Waals surface area contributed by atoms with E-state index in [1.807, 2.05) is 23.0 Å². The van der Waals surface area contributed by atoms with Crippen molar-refractivity contribution in [2.24, 2.45) is 5.41 Å². The Balaban J connectivity index is 1.25. The summed E-state index contributed by atoms with van der Waals surface area (Å²) in [7, 11) is 0. The van der Waals surface area contributed by atoms with Gasteiger partial charge < -0.3 is 10.1 Å². The van der Waals surface area contributed by atoms with Crippen LogP contribution in [-0.4, -0.2) is 39.9 Å². The third kappa shape index (κ3) is 3.42. The van der Waals surface area contributed by atoms with Crippen molar-refractivity contribution in [1.29, 1.82) is 0 Å². The Labute approximate surface area is 190 Å². The number of aromatic nitrogens is 3. The molecule has 4 heterocycles. The van der Waals surface area contributed by atoms with Crippen LogP contribution in [0.4, 0.5) is 0 Å². The van der Waals surface area contributed by atoms with Crippen molar-refractivity contribution < 1.29 is 9.53 Å². The third-order valence-corrected chi connectivity index (χ3v) is 7.78. The van der Waals surface area contributed by atoms with Crippen LogP contribution in [0.1, 0.15) is 40.0 Å². The monoisotopic (exact) mass is 444 g/mol. The molecular weight excluding hydrogens is 420 g/mol. The highest BCUT2D eigenvalue weighted by molar-refractivity contribution is 7.17. The van der Waals surface area contributed by atoms with Gasteiger partial charge in [-0.3, -0.25) is 4.79 Å². The fraction of sp³-hybridized carbons (Fsp3) is 0.320. The van der Waals surface area contributed by atoms with E-state index in [1.54, 1.807) is 17.5 Å². The zero-order valence-corrected chi connectivity index (χ0v) is 18.7. The number of nitrogens with zero attached hydrogens (tertiary/aromatic N) is 3. The molecule has 2 fully saturated rings. The first-order chi connectivity index (χ1) is 15.6. The van der Waals surface area contributed by atoms with Crippen molar-refractivity contribution in [3.8, 4) is 5.69 Å². The van der Waals surface area contributed by atoms with Gasteiger partial charge in [0.15, 0.2) is 0 Å². The zero-order valence-electron chi connectivity index (χ0n) is 17.9. The van der Waals surface area contributed by atoms with Crippen molar-refractivity contribution in [1.82, 2.24) is 20.1 Å². The van der Waals surface area contributed by atoms with Gasteiger partial charge in [0.1, 0.15) is 5.69 Å². The number of fused-ring (bicyclic) bond motifs is 1. The average molecular weight is 445 g/mol. The molecule has 1 saturated heterocycles. The number of nitrogens with one attached hydrogen (secondary N) is 1. The number of aryl methyl sites for hydroxylation is 1. The van der Waals surface area contributed by atoms with E-state index in [2.05, 4.69) is 47.0 Å². The summed E-state index contributed by atoms with van der Waals surface area (Å²) in [5.41, 5.74) is 6.24. The summed E-state index contributed by atoms with van der Waals surface area (Å²) < 4.78 is 8.35. The SMILES string of the molecule is Cc1csc2c(Cc3ccc(-n4cccn4)cc3)cc(C(=O)NC3CC4(COC4)C3)nc12. The van der Waals surface area contributed by atoms with Gasteiger partial charge in [0.2, 0.25) is 0 Å². The van der Waals surface area contributed by atoms with Crippen molar-refractivity contribution >= 4 is 27.5 Å². The first kappa shape index (κ1) is 19.6. The molecule has 1 spiro atoms. The number of amides is 1. The second-order valence-corrected chi connectivity index (χ2v) is 10.0. The van der Waals surface area contributed by atoms with E-state index in [-0.39, 0.29) is 11.9 Å². The molecule has 32 heavy (non-hydrogen) atoms. The van der Waals surface area contributed by atoms with Crippen LogP contribution in [0.2, 0.25) is 0 Å². The highest BCUT2D eigenvalue weighted by Crippen LogP contribution is 2.46. The molecule has 1 aromatic carbocycles. The summed E-state index contributed by atoms with van der Waals surface area (Å²) in [6.45, 7) is 3.73. The van der Waals surface area contributed by atoms with Crippen molar-refractivity contribution in [3.63, 3.8) is 0 Å². The molecule has 0 atom stereocenters. The van der Waals surface area contributed by atoms with E-state index in [0.29, 0.717) is 11.1 Å². The lowest BCUT2D eigenvalue weighted by molar-refractivity contribution is -0.165. The molecular formula is C25H24N4O2S. The standard InChI is InChI=1S/C25H24N4O2S/c1-16-13-32-23-18(9-17-3-5-20(6-4-17)29-8-2-7-26-29)10-21(28-22(16)23)24(30)27-19-11-25(12-19)14-31-15-25/h2-8,10,13,19H,9,11-12,14-15H2,1H3,(H,27,30). The summed E-state index contributed by atoms with van der Waals surface area (Å²) in [4.78, 5) is 17.7. The molecule has 162 valence electrons. The lowest BCUT2D eigenvalue weighted by atomic mass is 9.64. The Hall–Kier alpha value is -3.03. The largest absolute Gasteiger partial charge is 0.380 e. The van der Waals surface area contributed by atoms with E-state index < -0.39 is 0 Å². The Morgan fingerprint density at radius 3 is 2.78 bits per heavy atom. The van der Waals surface area contributed by atoms with Crippen LogP contribution in [-0.2, 0) is 11.2 Å². The highest BCUT2D eigenvalue weighted by Gasteiger charge is 2.50. The van der Waals surface area contributed by atoms with Gasteiger partial charge >= 0.3 is 0 Å². The van der Waals surface area contributed by atoms with Crippen molar-refractivity contribution in [2.45, 2.75) is 32.2 Å². The Bertz CT molecular complexity index is 1280. The molecule has 1 aliphatic carbocycles. The molecule has 0 radical (unpaired) electrons. The van der Waals surface area contributed by atoms with Crippen LogP contribution in [0.5, 0.6) is 0 Å². The lowest BCUT2D eigenvalue weighted by Crippen LogP contribution is -2.59. The molecule has 3 aromatic heterocycles. The van der Waals surface area contributed by atoms with Gasteiger partial charge in [-0.15, -0.1) is 11.3 Å². The first-order valence-corrected chi connectivity index (χ1v) is 11.8. The van der Waals surface area contributed by atoms with Gasteiger partial charge in [0.25, 0.3) is 5.91 Å². The number of benzene rings is 1.